The van der Waals surface area contributed by atoms with Crippen molar-refractivity contribution < 1.29 is 27.5 Å². The third kappa shape index (κ3) is 5.09. The zero-order chi connectivity index (χ0) is 21.2. The van der Waals surface area contributed by atoms with Crippen molar-refractivity contribution in [3.63, 3.8) is 0 Å². The van der Waals surface area contributed by atoms with Crippen LogP contribution in [-0.2, 0) is 31.5 Å². The van der Waals surface area contributed by atoms with Crippen LogP contribution in [-0.4, -0.2) is 38.8 Å². The second kappa shape index (κ2) is 8.73. The quantitative estimate of drug-likeness (QED) is 0.667. The molecule has 156 valence electrons. The molecular formula is C19H20ClNO6S2. The highest BCUT2D eigenvalue weighted by Crippen LogP contribution is 2.38. The Morgan fingerprint density at radius 3 is 2.62 bits per heavy atom. The van der Waals surface area contributed by atoms with E-state index in [1.165, 1.54) is 0 Å². The first kappa shape index (κ1) is 21.6. The number of benzene rings is 1. The molecule has 0 aliphatic carbocycles. The molecule has 3 rings (SSSR count). The molecule has 1 atom stereocenters. The lowest BCUT2D eigenvalue weighted by atomic mass is 10.1. The minimum Gasteiger partial charge on any atom is -0.481 e. The van der Waals surface area contributed by atoms with Gasteiger partial charge in [0.25, 0.3) is 5.91 Å². The maximum atomic E-state index is 12.6. The summed E-state index contributed by atoms with van der Waals surface area (Å²) in [4.78, 5) is 25.7. The summed E-state index contributed by atoms with van der Waals surface area (Å²) in [5, 5.41) is 3.53. The van der Waals surface area contributed by atoms with Crippen LogP contribution in [0.5, 0.6) is 5.75 Å². The van der Waals surface area contributed by atoms with Gasteiger partial charge in [0.15, 0.2) is 15.9 Å². The van der Waals surface area contributed by atoms with E-state index in [4.69, 9.17) is 21.1 Å². The number of sulfone groups is 1. The number of nitrogens with one attached hydrogen (secondary N) is 1. The van der Waals surface area contributed by atoms with E-state index < -0.39 is 27.8 Å². The van der Waals surface area contributed by atoms with Crippen molar-refractivity contribution in [3.8, 4) is 5.75 Å². The van der Waals surface area contributed by atoms with Gasteiger partial charge in [-0.1, -0.05) is 11.6 Å². The second-order valence-corrected chi connectivity index (χ2v) is 10.2. The molecular weight excluding hydrogens is 438 g/mol. The molecule has 1 aliphatic rings. The zero-order valence-electron chi connectivity index (χ0n) is 15.9. The van der Waals surface area contributed by atoms with Crippen LogP contribution < -0.4 is 10.1 Å². The number of anilines is 1. The molecule has 0 spiro atoms. The predicted octanol–water partition coefficient (Wildman–Crippen LogP) is 3.46. The number of ether oxygens (including phenoxy) is 2. The highest BCUT2D eigenvalue weighted by atomic mass is 35.5. The van der Waals surface area contributed by atoms with Crippen molar-refractivity contribution in [2.24, 2.45) is 0 Å². The second-order valence-electron chi connectivity index (χ2n) is 6.47. The van der Waals surface area contributed by atoms with Crippen molar-refractivity contribution >= 4 is 49.7 Å². The Morgan fingerprint density at radius 2 is 1.97 bits per heavy atom. The summed E-state index contributed by atoms with van der Waals surface area (Å²) in [6, 6.07) is 6.58. The Hall–Kier alpha value is -2.10. The lowest BCUT2D eigenvalue weighted by Gasteiger charge is -2.15. The number of esters is 1. The lowest BCUT2D eigenvalue weighted by molar-refractivity contribution is -0.122. The summed E-state index contributed by atoms with van der Waals surface area (Å²) < 4.78 is 34.6. The summed E-state index contributed by atoms with van der Waals surface area (Å²) in [5.41, 5.74) is 0.860. The molecule has 1 aliphatic heterocycles. The molecule has 1 aromatic heterocycles. The van der Waals surface area contributed by atoms with E-state index in [0.717, 1.165) is 11.3 Å². The summed E-state index contributed by atoms with van der Waals surface area (Å²) >= 11 is 6.93. The van der Waals surface area contributed by atoms with Crippen molar-refractivity contribution in [2.45, 2.75) is 32.1 Å². The number of hydrogen-bond acceptors (Lipinski definition) is 7. The van der Waals surface area contributed by atoms with Gasteiger partial charge in [0.2, 0.25) is 0 Å². The molecule has 2 aromatic rings. The normalized spacial score (nSPS) is 15.8. The summed E-state index contributed by atoms with van der Waals surface area (Å²) in [6.45, 7) is 3.43. The van der Waals surface area contributed by atoms with Gasteiger partial charge in [0.05, 0.1) is 23.7 Å². The fraction of sp³-hybridized carbons (Fsp3) is 0.368. The number of fused-ring (bicyclic) bond motifs is 1. The molecule has 1 unspecified atom stereocenters. The molecule has 1 aromatic carbocycles. The van der Waals surface area contributed by atoms with Crippen LogP contribution in [0.15, 0.2) is 24.3 Å². The molecule has 0 saturated heterocycles. The maximum absolute atomic E-state index is 12.6. The van der Waals surface area contributed by atoms with E-state index in [0.29, 0.717) is 21.2 Å². The van der Waals surface area contributed by atoms with Gasteiger partial charge in [-0.3, -0.25) is 4.79 Å². The molecule has 0 radical (unpaired) electrons. The third-order valence-corrected chi connectivity index (χ3v) is 7.45. The van der Waals surface area contributed by atoms with Gasteiger partial charge >= 0.3 is 5.97 Å². The highest BCUT2D eigenvalue weighted by Gasteiger charge is 2.32. The molecule has 2 heterocycles. The number of hydrogen-bond donors (Lipinski definition) is 1. The van der Waals surface area contributed by atoms with E-state index in [1.54, 1.807) is 38.1 Å². The first-order valence-electron chi connectivity index (χ1n) is 8.95. The predicted molar refractivity (Wildman–Crippen MR) is 112 cm³/mol. The standard InChI is InChI=1S/C19H20ClNO6S2/c1-3-26-19(23)16-14-8-9-29(24,25)10-15(14)28-18(16)21-17(22)11(2)27-13-6-4-12(20)5-7-13/h4-7,11H,3,8-10H2,1-2H3,(H,21,22). The molecule has 10 heteroatoms. The van der Waals surface area contributed by atoms with Crippen LogP contribution in [0.4, 0.5) is 5.00 Å². The number of carbonyl (C=O) groups is 2. The SMILES string of the molecule is CCOC(=O)c1c(NC(=O)C(C)Oc2ccc(Cl)cc2)sc2c1CCS(=O)(=O)C2. The fourth-order valence-electron chi connectivity index (χ4n) is 2.91. The minimum absolute atomic E-state index is 0.0351. The monoisotopic (exact) mass is 457 g/mol. The first-order valence-corrected chi connectivity index (χ1v) is 12.0. The van der Waals surface area contributed by atoms with E-state index in [2.05, 4.69) is 5.32 Å². The van der Waals surface area contributed by atoms with E-state index in [9.17, 15) is 18.0 Å². The van der Waals surface area contributed by atoms with Crippen LogP contribution in [0.1, 0.15) is 34.6 Å². The van der Waals surface area contributed by atoms with Gasteiger partial charge in [0, 0.05) is 9.90 Å². The van der Waals surface area contributed by atoms with Crippen LogP contribution in [0, 0.1) is 0 Å². The lowest BCUT2D eigenvalue weighted by Crippen LogP contribution is -2.30. The number of thiophene rings is 1. The van der Waals surface area contributed by atoms with E-state index in [-0.39, 0.29) is 35.1 Å². The van der Waals surface area contributed by atoms with Gasteiger partial charge in [-0.2, -0.15) is 0 Å². The summed E-state index contributed by atoms with van der Waals surface area (Å²) in [5.74, 6) is -0.754. The minimum atomic E-state index is -3.22. The van der Waals surface area contributed by atoms with Crippen molar-refractivity contribution in [1.29, 1.82) is 0 Å². The molecule has 1 N–H and O–H groups in total. The smallest absolute Gasteiger partial charge is 0.341 e. The summed E-state index contributed by atoms with van der Waals surface area (Å²) in [6.07, 6.45) is -0.635. The Bertz CT molecular complexity index is 1030. The maximum Gasteiger partial charge on any atom is 0.341 e. The first-order chi connectivity index (χ1) is 13.7. The molecule has 0 bridgehead atoms. The van der Waals surface area contributed by atoms with Gasteiger partial charge in [-0.15, -0.1) is 11.3 Å². The largest absolute Gasteiger partial charge is 0.481 e. The van der Waals surface area contributed by atoms with Crippen LogP contribution in [0.25, 0.3) is 0 Å². The average Bonchev–Trinajstić information content (AvgIpc) is 2.99. The number of carbonyl (C=O) groups excluding carboxylic acids is 2. The number of amides is 1. The zero-order valence-corrected chi connectivity index (χ0v) is 18.2. The van der Waals surface area contributed by atoms with E-state index >= 15 is 0 Å². The van der Waals surface area contributed by atoms with Crippen molar-refractivity contribution in [1.82, 2.24) is 0 Å². The summed E-state index contributed by atoms with van der Waals surface area (Å²) in [7, 11) is -3.22. The highest BCUT2D eigenvalue weighted by molar-refractivity contribution is 7.90. The molecule has 0 fully saturated rings. The molecule has 1 amide bonds. The molecule has 0 saturated carbocycles. The van der Waals surface area contributed by atoms with Crippen molar-refractivity contribution in [3.05, 3.63) is 45.3 Å². The topological polar surface area (TPSA) is 98.8 Å². The third-order valence-electron chi connectivity index (χ3n) is 4.32. The fourth-order valence-corrected chi connectivity index (χ4v) is 6.08. The molecule has 29 heavy (non-hydrogen) atoms. The van der Waals surface area contributed by atoms with Crippen LogP contribution >= 0.6 is 22.9 Å². The Morgan fingerprint density at radius 1 is 1.28 bits per heavy atom. The van der Waals surface area contributed by atoms with Crippen molar-refractivity contribution in [2.75, 3.05) is 17.7 Å². The van der Waals surface area contributed by atoms with Gasteiger partial charge < -0.3 is 14.8 Å². The number of halogens is 1. The van der Waals surface area contributed by atoms with Gasteiger partial charge in [-0.05, 0) is 50.1 Å². The number of rotatable bonds is 6. The molecule has 7 nitrogen and oxygen atoms in total. The van der Waals surface area contributed by atoms with Crippen LogP contribution in [0.2, 0.25) is 5.02 Å². The van der Waals surface area contributed by atoms with Gasteiger partial charge in [0.1, 0.15) is 10.8 Å². The Balaban J connectivity index is 1.83. The van der Waals surface area contributed by atoms with E-state index in [1.807, 2.05) is 0 Å². The average molecular weight is 458 g/mol. The van der Waals surface area contributed by atoms with Gasteiger partial charge in [-0.25, -0.2) is 13.2 Å². The Kier molecular flexibility index (Phi) is 6.50. The Labute approximate surface area is 177 Å². The van der Waals surface area contributed by atoms with Crippen LogP contribution in [0.3, 0.4) is 0 Å².